The van der Waals surface area contributed by atoms with Gasteiger partial charge in [-0.3, -0.25) is 4.90 Å². The molecule has 4 nitrogen and oxygen atoms in total. The number of hydrogen-bond donors (Lipinski definition) is 1. The number of nitrogens with zero attached hydrogens (tertiary/aromatic N) is 1. The molecule has 0 bridgehead atoms. The zero-order valence-corrected chi connectivity index (χ0v) is 13.0. The molecule has 0 saturated heterocycles. The molecule has 1 aromatic heterocycles. The molecule has 0 amide bonds. The largest absolute Gasteiger partial charge is 0.475 e. The highest BCUT2D eigenvalue weighted by Gasteiger charge is 2.24. The molecule has 0 spiro atoms. The van der Waals surface area contributed by atoms with Crippen molar-refractivity contribution in [1.29, 1.82) is 0 Å². The zero-order chi connectivity index (χ0) is 16.3. The number of furan rings is 1. The summed E-state index contributed by atoms with van der Waals surface area (Å²) in [7, 11) is 0. The van der Waals surface area contributed by atoms with Crippen LogP contribution in [-0.4, -0.2) is 21.5 Å². The van der Waals surface area contributed by atoms with Gasteiger partial charge >= 0.3 is 5.97 Å². The SMILES string of the molecule is CC(C)(C)N(Cc1ccc(C(=O)O)o1)Cc1ccccc1F. The van der Waals surface area contributed by atoms with Crippen molar-refractivity contribution in [2.45, 2.75) is 39.4 Å². The first-order valence-corrected chi connectivity index (χ1v) is 7.08. The van der Waals surface area contributed by atoms with Crippen molar-refractivity contribution in [2.24, 2.45) is 0 Å². The van der Waals surface area contributed by atoms with Crippen LogP contribution in [0.25, 0.3) is 0 Å². The van der Waals surface area contributed by atoms with Gasteiger partial charge in [0, 0.05) is 17.6 Å². The average Bonchev–Trinajstić information content (AvgIpc) is 2.88. The molecule has 0 radical (unpaired) electrons. The lowest BCUT2D eigenvalue weighted by atomic mass is 10.0. The van der Waals surface area contributed by atoms with Gasteiger partial charge in [-0.25, -0.2) is 9.18 Å². The smallest absolute Gasteiger partial charge is 0.371 e. The first-order chi connectivity index (χ1) is 10.3. The van der Waals surface area contributed by atoms with Gasteiger partial charge in [-0.15, -0.1) is 0 Å². The maximum absolute atomic E-state index is 13.9. The lowest BCUT2D eigenvalue weighted by molar-refractivity contribution is 0.0652. The molecule has 0 aliphatic rings. The lowest BCUT2D eigenvalue weighted by Gasteiger charge is -2.35. The third-order valence-corrected chi connectivity index (χ3v) is 3.49. The highest BCUT2D eigenvalue weighted by Crippen LogP contribution is 2.22. The minimum Gasteiger partial charge on any atom is -0.475 e. The minimum atomic E-state index is -1.09. The summed E-state index contributed by atoms with van der Waals surface area (Å²) in [5.41, 5.74) is 0.376. The van der Waals surface area contributed by atoms with E-state index in [4.69, 9.17) is 9.52 Å². The summed E-state index contributed by atoms with van der Waals surface area (Å²) in [5.74, 6) is -0.886. The van der Waals surface area contributed by atoms with Crippen LogP contribution in [0.1, 0.15) is 42.6 Å². The fourth-order valence-electron chi connectivity index (χ4n) is 2.13. The topological polar surface area (TPSA) is 53.7 Å². The van der Waals surface area contributed by atoms with Gasteiger partial charge in [-0.2, -0.15) is 0 Å². The second-order valence-corrected chi connectivity index (χ2v) is 6.19. The molecule has 0 fully saturated rings. The summed E-state index contributed by atoms with van der Waals surface area (Å²) in [5, 5.41) is 8.91. The van der Waals surface area contributed by atoms with Gasteiger partial charge in [-0.1, -0.05) is 18.2 Å². The number of carboxylic acids is 1. The zero-order valence-electron chi connectivity index (χ0n) is 13.0. The molecule has 118 valence electrons. The fourth-order valence-corrected chi connectivity index (χ4v) is 2.13. The maximum Gasteiger partial charge on any atom is 0.371 e. The van der Waals surface area contributed by atoms with Crippen LogP contribution in [0.2, 0.25) is 0 Å². The van der Waals surface area contributed by atoms with Crippen LogP contribution in [0.4, 0.5) is 4.39 Å². The molecule has 22 heavy (non-hydrogen) atoms. The number of rotatable bonds is 5. The summed E-state index contributed by atoms with van der Waals surface area (Å²) < 4.78 is 19.2. The van der Waals surface area contributed by atoms with E-state index in [0.717, 1.165) is 0 Å². The fraction of sp³-hybridized carbons (Fsp3) is 0.353. The van der Waals surface area contributed by atoms with E-state index in [2.05, 4.69) is 0 Å². The second kappa shape index (κ2) is 6.32. The number of benzene rings is 1. The van der Waals surface area contributed by atoms with E-state index in [1.807, 2.05) is 25.7 Å². The number of carbonyl (C=O) groups is 1. The quantitative estimate of drug-likeness (QED) is 0.909. The molecule has 1 aromatic carbocycles. The molecular formula is C17H20FNO3. The van der Waals surface area contributed by atoms with Crippen molar-refractivity contribution < 1.29 is 18.7 Å². The number of hydrogen-bond acceptors (Lipinski definition) is 3. The van der Waals surface area contributed by atoms with Gasteiger partial charge in [0.05, 0.1) is 6.54 Å². The van der Waals surface area contributed by atoms with Crippen LogP contribution in [0.5, 0.6) is 0 Å². The minimum absolute atomic E-state index is 0.0882. The van der Waals surface area contributed by atoms with E-state index < -0.39 is 5.97 Å². The molecule has 5 heteroatoms. The second-order valence-electron chi connectivity index (χ2n) is 6.19. The van der Waals surface area contributed by atoms with Crippen molar-refractivity contribution in [3.05, 3.63) is 59.3 Å². The van der Waals surface area contributed by atoms with Gasteiger partial charge in [0.15, 0.2) is 0 Å². The molecule has 0 saturated carbocycles. The number of aromatic carboxylic acids is 1. The van der Waals surface area contributed by atoms with E-state index in [1.165, 1.54) is 12.1 Å². The van der Waals surface area contributed by atoms with Crippen molar-refractivity contribution in [3.8, 4) is 0 Å². The average molecular weight is 305 g/mol. The van der Waals surface area contributed by atoms with Gasteiger partial charge in [0.25, 0.3) is 0 Å². The van der Waals surface area contributed by atoms with Crippen LogP contribution in [0, 0.1) is 5.82 Å². The Morgan fingerprint density at radius 2 is 1.86 bits per heavy atom. The Hall–Kier alpha value is -2.14. The summed E-state index contributed by atoms with van der Waals surface area (Å²) in [6, 6.07) is 9.72. The normalized spacial score (nSPS) is 11.9. The van der Waals surface area contributed by atoms with E-state index in [0.29, 0.717) is 24.4 Å². The summed E-state index contributed by atoms with van der Waals surface area (Å²) >= 11 is 0. The highest BCUT2D eigenvalue weighted by molar-refractivity contribution is 5.84. The third kappa shape index (κ3) is 3.95. The molecule has 2 aromatic rings. The van der Waals surface area contributed by atoms with Gasteiger partial charge in [-0.05, 0) is 39.0 Å². The van der Waals surface area contributed by atoms with Crippen LogP contribution in [0.3, 0.4) is 0 Å². The number of carboxylic acid groups (broad SMARTS) is 1. The molecule has 0 atom stereocenters. The Labute approximate surface area is 129 Å². The lowest BCUT2D eigenvalue weighted by Crippen LogP contribution is -2.40. The van der Waals surface area contributed by atoms with E-state index in [-0.39, 0.29) is 17.1 Å². The maximum atomic E-state index is 13.9. The van der Waals surface area contributed by atoms with Crippen LogP contribution < -0.4 is 0 Å². The molecule has 0 unspecified atom stereocenters. The summed E-state index contributed by atoms with van der Waals surface area (Å²) in [4.78, 5) is 12.9. The summed E-state index contributed by atoms with van der Waals surface area (Å²) in [6.07, 6.45) is 0. The van der Waals surface area contributed by atoms with Gasteiger partial charge in [0.1, 0.15) is 11.6 Å². The van der Waals surface area contributed by atoms with E-state index in [1.54, 1.807) is 24.3 Å². The third-order valence-electron chi connectivity index (χ3n) is 3.49. The molecule has 0 aliphatic carbocycles. The predicted octanol–water partition coefficient (Wildman–Crippen LogP) is 3.92. The Morgan fingerprint density at radius 1 is 1.18 bits per heavy atom. The van der Waals surface area contributed by atoms with Crippen molar-refractivity contribution in [3.63, 3.8) is 0 Å². The van der Waals surface area contributed by atoms with Crippen molar-refractivity contribution in [1.82, 2.24) is 4.90 Å². The molecular weight excluding hydrogens is 285 g/mol. The monoisotopic (exact) mass is 305 g/mol. The van der Waals surface area contributed by atoms with Crippen LogP contribution >= 0.6 is 0 Å². The Balaban J connectivity index is 2.20. The molecule has 1 heterocycles. The predicted molar refractivity (Wildman–Crippen MR) is 81.1 cm³/mol. The standard InChI is InChI=1S/C17H20FNO3/c1-17(2,3)19(10-12-6-4-5-7-14(12)18)11-13-8-9-15(22-13)16(20)21/h4-9H,10-11H2,1-3H3,(H,20,21). The van der Waals surface area contributed by atoms with Crippen LogP contribution in [-0.2, 0) is 13.1 Å². The number of halogens is 1. The molecule has 1 N–H and O–H groups in total. The Morgan fingerprint density at radius 3 is 2.41 bits per heavy atom. The van der Waals surface area contributed by atoms with Crippen molar-refractivity contribution >= 4 is 5.97 Å². The Kier molecular flexibility index (Phi) is 4.66. The first-order valence-electron chi connectivity index (χ1n) is 7.08. The first kappa shape index (κ1) is 16.2. The van der Waals surface area contributed by atoms with Gasteiger partial charge < -0.3 is 9.52 Å². The Bertz CT molecular complexity index is 658. The molecule has 0 aliphatic heterocycles. The van der Waals surface area contributed by atoms with Crippen molar-refractivity contribution in [2.75, 3.05) is 0 Å². The summed E-state index contributed by atoms with van der Waals surface area (Å²) in [6.45, 7) is 6.89. The highest BCUT2D eigenvalue weighted by atomic mass is 19.1. The van der Waals surface area contributed by atoms with E-state index in [9.17, 15) is 9.18 Å². The van der Waals surface area contributed by atoms with E-state index >= 15 is 0 Å². The molecule has 2 rings (SSSR count). The van der Waals surface area contributed by atoms with Crippen LogP contribution in [0.15, 0.2) is 40.8 Å². The van der Waals surface area contributed by atoms with Gasteiger partial charge in [0.2, 0.25) is 5.76 Å².